The van der Waals surface area contributed by atoms with E-state index < -0.39 is 32.1 Å². The summed E-state index contributed by atoms with van der Waals surface area (Å²) in [5.74, 6) is 0.214. The summed E-state index contributed by atoms with van der Waals surface area (Å²) >= 11 is 0. The third-order valence-corrected chi connectivity index (χ3v) is 4.05. The quantitative estimate of drug-likeness (QED) is 0.337. The topological polar surface area (TPSA) is 164 Å². The predicted molar refractivity (Wildman–Crippen MR) is 83.2 cm³/mol. The number of aromatic nitrogens is 4. The normalized spacial score (nSPS) is 29.1. The molecule has 0 aromatic carbocycles. The zero-order chi connectivity index (χ0) is 18.2. The average Bonchev–Trinajstić information content (AvgIpc) is 3.09. The molecule has 5 atom stereocenters. The number of methoxy groups -OCH3 is 1. The van der Waals surface area contributed by atoms with Crippen LogP contribution in [0.4, 0.5) is 5.82 Å². The number of nitrogen functional groups attached to an aromatic ring is 1. The Morgan fingerprint density at radius 2 is 2.20 bits per heavy atom. The van der Waals surface area contributed by atoms with Crippen LogP contribution in [0.25, 0.3) is 11.2 Å². The molecule has 3 heterocycles. The van der Waals surface area contributed by atoms with E-state index in [9.17, 15) is 9.67 Å². The highest BCUT2D eigenvalue weighted by Crippen LogP contribution is 2.38. The minimum absolute atomic E-state index is 0.214. The summed E-state index contributed by atoms with van der Waals surface area (Å²) in [5, 5.41) is 10.4. The van der Waals surface area contributed by atoms with Gasteiger partial charge in [-0.05, 0) is 0 Å². The van der Waals surface area contributed by atoms with Crippen LogP contribution in [0.1, 0.15) is 6.23 Å². The third-order valence-electron chi connectivity index (χ3n) is 3.67. The monoisotopic (exact) mass is 375 g/mol. The van der Waals surface area contributed by atoms with Crippen molar-refractivity contribution >= 4 is 24.6 Å². The first-order valence-corrected chi connectivity index (χ1v) is 9.25. The van der Waals surface area contributed by atoms with Crippen LogP contribution in [0.15, 0.2) is 12.7 Å². The lowest BCUT2D eigenvalue weighted by atomic mass is 10.1. The number of hydrogen-bond donors (Lipinski definition) is 3. The van der Waals surface area contributed by atoms with Crippen molar-refractivity contribution in [2.24, 2.45) is 0 Å². The fraction of sp³-hybridized carbons (Fsp3) is 0.583. The Kier molecular flexibility index (Phi) is 5.02. The molecule has 0 radical (unpaired) electrons. The summed E-state index contributed by atoms with van der Waals surface area (Å²) in [5.41, 5.74) is 6.57. The minimum Gasteiger partial charge on any atom is -0.387 e. The third kappa shape index (κ3) is 3.65. The second kappa shape index (κ2) is 6.92. The fourth-order valence-electron chi connectivity index (χ4n) is 2.59. The van der Waals surface area contributed by atoms with Crippen LogP contribution in [0.3, 0.4) is 0 Å². The fourth-order valence-corrected chi connectivity index (χ4v) is 2.84. The lowest BCUT2D eigenvalue weighted by Crippen LogP contribution is -2.35. The SMILES string of the molecule is CO[C@@H]1[C@H](O)[C@@H](COOP(C)(=O)O)O[C@H]1n1cnc2c(N)ncnc21. The van der Waals surface area contributed by atoms with Gasteiger partial charge in [0.15, 0.2) is 17.7 Å². The molecule has 138 valence electrons. The highest BCUT2D eigenvalue weighted by Gasteiger charge is 2.46. The molecule has 0 spiro atoms. The van der Waals surface area contributed by atoms with Gasteiger partial charge in [-0.1, -0.05) is 0 Å². The van der Waals surface area contributed by atoms with Crippen molar-refractivity contribution in [2.45, 2.75) is 24.5 Å². The molecule has 0 bridgehead atoms. The van der Waals surface area contributed by atoms with Gasteiger partial charge < -0.3 is 25.2 Å². The number of anilines is 1. The molecule has 2 aromatic rings. The van der Waals surface area contributed by atoms with Crippen molar-refractivity contribution < 1.29 is 33.6 Å². The summed E-state index contributed by atoms with van der Waals surface area (Å²) in [4.78, 5) is 25.9. The van der Waals surface area contributed by atoms with E-state index in [1.807, 2.05) is 0 Å². The van der Waals surface area contributed by atoms with Crippen LogP contribution in [-0.2, 0) is 23.6 Å². The van der Waals surface area contributed by atoms with Gasteiger partial charge >= 0.3 is 7.60 Å². The molecule has 13 heteroatoms. The van der Waals surface area contributed by atoms with E-state index in [2.05, 4.69) is 19.6 Å². The van der Waals surface area contributed by atoms with Crippen LogP contribution in [0.5, 0.6) is 0 Å². The first-order chi connectivity index (χ1) is 11.8. The van der Waals surface area contributed by atoms with Crippen molar-refractivity contribution in [1.29, 1.82) is 0 Å². The lowest BCUT2D eigenvalue weighted by molar-refractivity contribution is -0.238. The van der Waals surface area contributed by atoms with Gasteiger partial charge in [0.1, 0.15) is 36.8 Å². The molecule has 1 unspecified atom stereocenters. The summed E-state index contributed by atoms with van der Waals surface area (Å²) in [6.07, 6.45) is -0.729. The van der Waals surface area contributed by atoms with E-state index in [0.29, 0.717) is 11.2 Å². The Morgan fingerprint density at radius 1 is 1.44 bits per heavy atom. The van der Waals surface area contributed by atoms with Crippen LogP contribution < -0.4 is 5.73 Å². The maximum atomic E-state index is 11.1. The molecule has 0 amide bonds. The summed E-state index contributed by atoms with van der Waals surface area (Å²) in [6.45, 7) is 0.696. The molecule has 0 aliphatic carbocycles. The highest BCUT2D eigenvalue weighted by atomic mass is 31.2. The van der Waals surface area contributed by atoms with Gasteiger partial charge in [-0.25, -0.2) is 19.8 Å². The van der Waals surface area contributed by atoms with Gasteiger partial charge in [0.2, 0.25) is 0 Å². The highest BCUT2D eigenvalue weighted by molar-refractivity contribution is 7.51. The standard InChI is InChI=1S/C12H18N5O7P/c1-21-9-8(18)6(3-22-24-25(2,19)20)23-12(9)17-5-16-7-10(13)14-4-15-11(7)17/h4-6,8-9,12,18H,3H2,1-2H3,(H,19,20)(H2,13,14,15)/t6-,8-,9-,12-/m1/s1. The number of rotatable bonds is 6. The Bertz CT molecular complexity index is 795. The van der Waals surface area contributed by atoms with Crippen molar-refractivity contribution in [3.05, 3.63) is 12.7 Å². The smallest absolute Gasteiger partial charge is 0.352 e. The van der Waals surface area contributed by atoms with Crippen LogP contribution in [0, 0.1) is 0 Å². The van der Waals surface area contributed by atoms with Crippen LogP contribution in [-0.4, -0.2) is 68.2 Å². The number of hydrogen-bond acceptors (Lipinski definition) is 10. The van der Waals surface area contributed by atoms with Crippen molar-refractivity contribution in [3.8, 4) is 0 Å². The van der Waals surface area contributed by atoms with Gasteiger partial charge in [-0.3, -0.25) is 9.13 Å². The molecule has 1 fully saturated rings. The summed E-state index contributed by atoms with van der Waals surface area (Å²) in [6, 6.07) is 0. The van der Waals surface area contributed by atoms with Crippen molar-refractivity contribution in [1.82, 2.24) is 19.5 Å². The van der Waals surface area contributed by atoms with Crippen molar-refractivity contribution in [3.63, 3.8) is 0 Å². The van der Waals surface area contributed by atoms with Gasteiger partial charge in [-0.2, -0.15) is 0 Å². The number of aliphatic hydroxyl groups is 1. The first-order valence-electron chi connectivity index (χ1n) is 7.22. The molecule has 1 saturated heterocycles. The zero-order valence-corrected chi connectivity index (χ0v) is 14.3. The molecule has 4 N–H and O–H groups in total. The Balaban J connectivity index is 1.81. The summed E-state index contributed by atoms with van der Waals surface area (Å²) in [7, 11) is -2.39. The predicted octanol–water partition coefficient (Wildman–Crippen LogP) is -0.555. The summed E-state index contributed by atoms with van der Waals surface area (Å²) < 4.78 is 28.0. The van der Waals surface area contributed by atoms with Crippen LogP contribution >= 0.6 is 7.60 Å². The number of fused-ring (bicyclic) bond motifs is 1. The molecule has 2 aromatic heterocycles. The molecule has 0 saturated carbocycles. The lowest BCUT2D eigenvalue weighted by Gasteiger charge is -2.19. The number of nitrogens with zero attached hydrogens (tertiary/aromatic N) is 4. The Morgan fingerprint density at radius 3 is 2.88 bits per heavy atom. The largest absolute Gasteiger partial charge is 0.387 e. The van der Waals surface area contributed by atoms with E-state index in [1.165, 1.54) is 19.8 Å². The average molecular weight is 375 g/mol. The maximum absolute atomic E-state index is 11.1. The molecule has 1 aliphatic heterocycles. The van der Waals surface area contributed by atoms with Gasteiger partial charge in [0.25, 0.3) is 0 Å². The molecule has 3 rings (SSSR count). The van der Waals surface area contributed by atoms with Gasteiger partial charge in [0, 0.05) is 13.8 Å². The Hall–Kier alpha value is -1.66. The molecular formula is C12H18N5O7P. The molecule has 1 aliphatic rings. The zero-order valence-electron chi connectivity index (χ0n) is 13.4. The first kappa shape index (κ1) is 18.1. The number of ether oxygens (including phenoxy) is 2. The van der Waals surface area contributed by atoms with Gasteiger partial charge in [-0.15, -0.1) is 4.67 Å². The van der Waals surface area contributed by atoms with E-state index in [4.69, 9.17) is 25.0 Å². The van der Waals surface area contributed by atoms with Gasteiger partial charge in [0.05, 0.1) is 6.33 Å². The Labute approximate surface area is 142 Å². The van der Waals surface area contributed by atoms with Crippen LogP contribution in [0.2, 0.25) is 0 Å². The van der Waals surface area contributed by atoms with E-state index >= 15 is 0 Å². The molecule has 25 heavy (non-hydrogen) atoms. The molecular weight excluding hydrogens is 357 g/mol. The van der Waals surface area contributed by atoms with Crippen molar-refractivity contribution in [2.75, 3.05) is 26.1 Å². The molecule has 12 nitrogen and oxygen atoms in total. The number of aliphatic hydroxyl groups excluding tert-OH is 1. The number of nitrogens with two attached hydrogens (primary N) is 1. The maximum Gasteiger partial charge on any atom is 0.352 e. The minimum atomic E-state index is -3.80. The van der Waals surface area contributed by atoms with E-state index in [-0.39, 0.29) is 12.4 Å². The number of imidazole rings is 1. The van der Waals surface area contributed by atoms with E-state index in [0.717, 1.165) is 6.66 Å². The second-order valence-corrected chi connectivity index (χ2v) is 7.26. The van der Waals surface area contributed by atoms with E-state index in [1.54, 1.807) is 4.57 Å². The second-order valence-electron chi connectivity index (χ2n) is 5.50.